The summed E-state index contributed by atoms with van der Waals surface area (Å²) < 4.78 is 26.2. The van der Waals surface area contributed by atoms with E-state index in [0.717, 1.165) is 5.56 Å². The van der Waals surface area contributed by atoms with E-state index in [2.05, 4.69) is 14.9 Å². The first-order valence-electron chi connectivity index (χ1n) is 6.45. The fourth-order valence-corrected chi connectivity index (χ4v) is 3.19. The van der Waals surface area contributed by atoms with Crippen LogP contribution in [0.2, 0.25) is 0 Å². The Kier molecular flexibility index (Phi) is 5.08. The van der Waals surface area contributed by atoms with E-state index in [9.17, 15) is 13.2 Å². The van der Waals surface area contributed by atoms with E-state index in [1.54, 1.807) is 24.3 Å². The third-order valence-electron chi connectivity index (χ3n) is 2.86. The van der Waals surface area contributed by atoms with Crippen molar-refractivity contribution in [1.29, 1.82) is 0 Å². The van der Waals surface area contributed by atoms with Crippen LogP contribution in [0.3, 0.4) is 0 Å². The SMILES string of the molecule is O=c1cc(-c2ccc(NS(=O)(=O)CCCCCl)cc2)[nH][nH]1. The zero-order valence-electron chi connectivity index (χ0n) is 11.2. The van der Waals surface area contributed by atoms with E-state index in [4.69, 9.17) is 11.6 Å². The number of anilines is 1. The molecule has 21 heavy (non-hydrogen) atoms. The van der Waals surface area contributed by atoms with Crippen LogP contribution in [-0.4, -0.2) is 30.2 Å². The van der Waals surface area contributed by atoms with Crippen LogP contribution in [0.15, 0.2) is 35.1 Å². The van der Waals surface area contributed by atoms with Crippen molar-refractivity contribution in [3.63, 3.8) is 0 Å². The fourth-order valence-electron chi connectivity index (χ4n) is 1.82. The summed E-state index contributed by atoms with van der Waals surface area (Å²) in [5, 5.41) is 5.18. The summed E-state index contributed by atoms with van der Waals surface area (Å²) in [6, 6.07) is 8.20. The minimum Gasteiger partial charge on any atom is -0.298 e. The summed E-state index contributed by atoms with van der Waals surface area (Å²) in [7, 11) is -3.35. The average Bonchev–Trinajstić information content (AvgIpc) is 2.86. The van der Waals surface area contributed by atoms with E-state index in [-0.39, 0.29) is 11.3 Å². The first kappa shape index (κ1) is 15.7. The smallest absolute Gasteiger partial charge is 0.264 e. The molecule has 0 aliphatic heterocycles. The highest BCUT2D eigenvalue weighted by molar-refractivity contribution is 7.92. The number of aromatic nitrogens is 2. The third-order valence-corrected chi connectivity index (χ3v) is 4.50. The Morgan fingerprint density at radius 3 is 2.38 bits per heavy atom. The molecule has 3 N–H and O–H groups in total. The quantitative estimate of drug-likeness (QED) is 0.536. The molecule has 0 aliphatic carbocycles. The highest BCUT2D eigenvalue weighted by Crippen LogP contribution is 2.19. The number of alkyl halides is 1. The Morgan fingerprint density at radius 1 is 1.10 bits per heavy atom. The Balaban J connectivity index is 2.04. The molecule has 0 saturated carbocycles. The lowest BCUT2D eigenvalue weighted by Crippen LogP contribution is -2.16. The van der Waals surface area contributed by atoms with E-state index in [1.165, 1.54) is 6.07 Å². The van der Waals surface area contributed by atoms with Gasteiger partial charge in [0.1, 0.15) is 0 Å². The first-order chi connectivity index (χ1) is 10.00. The second kappa shape index (κ2) is 6.82. The van der Waals surface area contributed by atoms with Crippen molar-refractivity contribution in [3.05, 3.63) is 40.7 Å². The summed E-state index contributed by atoms with van der Waals surface area (Å²) in [4.78, 5) is 11.1. The van der Waals surface area contributed by atoms with Crippen LogP contribution in [0.25, 0.3) is 11.3 Å². The lowest BCUT2D eigenvalue weighted by molar-refractivity contribution is 0.598. The summed E-state index contributed by atoms with van der Waals surface area (Å²) in [6.07, 6.45) is 1.20. The van der Waals surface area contributed by atoms with Crippen LogP contribution < -0.4 is 10.3 Å². The van der Waals surface area contributed by atoms with Crippen LogP contribution in [-0.2, 0) is 10.0 Å². The van der Waals surface area contributed by atoms with Crippen molar-refractivity contribution in [2.24, 2.45) is 0 Å². The molecule has 0 atom stereocenters. The summed E-state index contributed by atoms with van der Waals surface area (Å²) >= 11 is 5.52. The number of nitrogens with one attached hydrogen (secondary N) is 3. The second-order valence-corrected chi connectivity index (χ2v) is 6.79. The van der Waals surface area contributed by atoms with Crippen molar-refractivity contribution in [2.45, 2.75) is 12.8 Å². The number of rotatable bonds is 7. The molecule has 2 rings (SSSR count). The van der Waals surface area contributed by atoms with Crippen LogP contribution in [0.5, 0.6) is 0 Å². The molecule has 0 spiro atoms. The van der Waals surface area contributed by atoms with Crippen molar-refractivity contribution in [1.82, 2.24) is 10.2 Å². The molecule has 6 nitrogen and oxygen atoms in total. The fraction of sp³-hybridized carbons (Fsp3) is 0.308. The topological polar surface area (TPSA) is 94.8 Å². The number of H-pyrrole nitrogens is 2. The molecule has 114 valence electrons. The molecule has 0 fully saturated rings. The molecule has 1 aromatic heterocycles. The largest absolute Gasteiger partial charge is 0.298 e. The molecule has 8 heteroatoms. The molecule has 0 saturated heterocycles. The molecule has 1 aromatic carbocycles. The molecule has 1 heterocycles. The maximum absolute atomic E-state index is 11.8. The standard InChI is InChI=1S/C13H16ClN3O3S/c14-7-1-2-8-21(19,20)17-11-5-3-10(4-6-11)12-9-13(18)16-15-12/h3-6,9,17H,1-2,7-8H2,(H2,15,16,18). The Morgan fingerprint density at radius 2 is 1.81 bits per heavy atom. The highest BCUT2D eigenvalue weighted by Gasteiger charge is 2.10. The predicted octanol–water partition coefficient (Wildman–Crippen LogP) is 2.13. The summed E-state index contributed by atoms with van der Waals surface area (Å²) in [5.74, 6) is 0.506. The first-order valence-corrected chi connectivity index (χ1v) is 8.63. The third kappa shape index (κ3) is 4.64. The number of hydrogen-bond acceptors (Lipinski definition) is 3. The Bertz CT molecular complexity index is 735. The van der Waals surface area contributed by atoms with Crippen LogP contribution in [0, 0.1) is 0 Å². The molecule has 0 aliphatic rings. The van der Waals surface area contributed by atoms with Crippen LogP contribution in [0.1, 0.15) is 12.8 Å². The number of unbranched alkanes of at least 4 members (excludes halogenated alkanes) is 1. The van der Waals surface area contributed by atoms with Gasteiger partial charge in [0.25, 0.3) is 5.56 Å². The zero-order valence-corrected chi connectivity index (χ0v) is 12.8. The monoisotopic (exact) mass is 329 g/mol. The van der Waals surface area contributed by atoms with Crippen molar-refractivity contribution in [3.8, 4) is 11.3 Å². The van der Waals surface area contributed by atoms with Gasteiger partial charge in [0, 0.05) is 17.6 Å². The van der Waals surface area contributed by atoms with Gasteiger partial charge in [0.15, 0.2) is 0 Å². The lowest BCUT2D eigenvalue weighted by Gasteiger charge is -2.08. The van der Waals surface area contributed by atoms with Gasteiger partial charge in [0.2, 0.25) is 10.0 Å². The molecular formula is C13H16ClN3O3S. The maximum atomic E-state index is 11.8. The van der Waals surface area contributed by atoms with E-state index >= 15 is 0 Å². The predicted molar refractivity (Wildman–Crippen MR) is 84.2 cm³/mol. The second-order valence-electron chi connectivity index (χ2n) is 4.57. The molecule has 0 bridgehead atoms. The number of hydrogen-bond donors (Lipinski definition) is 3. The van der Waals surface area contributed by atoms with Crippen molar-refractivity contribution >= 4 is 27.3 Å². The molecule has 0 radical (unpaired) electrons. The zero-order chi connectivity index (χ0) is 15.3. The molecule has 0 amide bonds. The number of sulfonamides is 1. The lowest BCUT2D eigenvalue weighted by atomic mass is 10.1. The summed E-state index contributed by atoms with van der Waals surface area (Å²) in [5.41, 5.74) is 1.71. The Labute approximate surface area is 127 Å². The summed E-state index contributed by atoms with van der Waals surface area (Å²) in [6.45, 7) is 0. The average molecular weight is 330 g/mol. The number of halogens is 1. The van der Waals surface area contributed by atoms with E-state index in [0.29, 0.717) is 30.1 Å². The minimum absolute atomic E-state index is 0.0482. The van der Waals surface area contributed by atoms with Gasteiger partial charge in [-0.1, -0.05) is 12.1 Å². The van der Waals surface area contributed by atoms with Crippen molar-refractivity contribution in [2.75, 3.05) is 16.4 Å². The molecular weight excluding hydrogens is 314 g/mol. The van der Waals surface area contributed by atoms with Crippen LogP contribution in [0.4, 0.5) is 5.69 Å². The van der Waals surface area contributed by atoms with Gasteiger partial charge in [-0.15, -0.1) is 11.6 Å². The van der Waals surface area contributed by atoms with Gasteiger partial charge in [-0.05, 0) is 30.5 Å². The van der Waals surface area contributed by atoms with Gasteiger partial charge in [-0.2, -0.15) is 0 Å². The maximum Gasteiger partial charge on any atom is 0.264 e. The van der Waals surface area contributed by atoms with Gasteiger partial charge in [-0.3, -0.25) is 19.7 Å². The highest BCUT2D eigenvalue weighted by atomic mass is 35.5. The van der Waals surface area contributed by atoms with Gasteiger partial charge < -0.3 is 0 Å². The number of aromatic amines is 2. The minimum atomic E-state index is -3.35. The Hall–Kier alpha value is -1.73. The molecule has 2 aromatic rings. The number of benzene rings is 1. The van der Waals surface area contributed by atoms with Gasteiger partial charge in [-0.25, -0.2) is 8.42 Å². The van der Waals surface area contributed by atoms with Crippen LogP contribution >= 0.6 is 11.6 Å². The molecule has 0 unspecified atom stereocenters. The van der Waals surface area contributed by atoms with Gasteiger partial charge >= 0.3 is 0 Å². The van der Waals surface area contributed by atoms with E-state index in [1.807, 2.05) is 0 Å². The normalized spacial score (nSPS) is 11.5. The van der Waals surface area contributed by atoms with Crippen molar-refractivity contribution < 1.29 is 8.42 Å². The van der Waals surface area contributed by atoms with E-state index < -0.39 is 10.0 Å². The van der Waals surface area contributed by atoms with Gasteiger partial charge in [0.05, 0.1) is 11.4 Å².